The molecule has 0 aliphatic carbocycles. The number of rotatable bonds is 3. The van der Waals surface area contributed by atoms with Gasteiger partial charge in [0.1, 0.15) is 0 Å². The lowest BCUT2D eigenvalue weighted by Crippen LogP contribution is -2.24. The Morgan fingerprint density at radius 3 is 2.25 bits per heavy atom. The molecule has 0 aromatic carbocycles. The summed E-state index contributed by atoms with van der Waals surface area (Å²) in [7, 11) is 0. The minimum atomic E-state index is -0.644. The fourth-order valence-corrected chi connectivity index (χ4v) is 0.504. The highest BCUT2D eigenvalue weighted by atomic mass is 16.3. The van der Waals surface area contributed by atoms with Gasteiger partial charge < -0.3 is 15.9 Å². The number of nitrogens with two attached hydrogens (primary N) is 1. The first-order chi connectivity index (χ1) is 3.66. The molecular weight excluding hydrogens is 106 g/mol. The second-order valence-electron chi connectivity index (χ2n) is 2.05. The second kappa shape index (κ2) is 3.83. The predicted octanol–water partition coefficient (Wildman–Crippen LogP) is -0.923. The first kappa shape index (κ1) is 7.88. The van der Waals surface area contributed by atoms with E-state index in [1.807, 2.05) is 0 Å². The maximum Gasteiger partial charge on any atom is 0.0785 e. The van der Waals surface area contributed by atoms with E-state index in [-0.39, 0.29) is 12.6 Å². The molecule has 0 saturated carbocycles. The predicted molar refractivity (Wildman–Crippen MR) is 31.4 cm³/mol. The Balaban J connectivity index is 3.10. The SMILES string of the molecule is CC(N)CC(O)CO. The van der Waals surface area contributed by atoms with Gasteiger partial charge >= 0.3 is 0 Å². The van der Waals surface area contributed by atoms with E-state index in [2.05, 4.69) is 0 Å². The average Bonchev–Trinajstić information content (AvgIpc) is 1.65. The first-order valence-corrected chi connectivity index (χ1v) is 2.71. The first-order valence-electron chi connectivity index (χ1n) is 2.71. The van der Waals surface area contributed by atoms with Crippen LogP contribution < -0.4 is 5.73 Å². The van der Waals surface area contributed by atoms with Gasteiger partial charge in [0.2, 0.25) is 0 Å². The van der Waals surface area contributed by atoms with Gasteiger partial charge in [-0.15, -0.1) is 0 Å². The summed E-state index contributed by atoms with van der Waals surface area (Å²) in [5, 5.41) is 17.0. The molecule has 0 bridgehead atoms. The van der Waals surface area contributed by atoms with Crippen LogP contribution in [-0.4, -0.2) is 29.0 Å². The molecular formula is C5H13NO2. The molecule has 3 nitrogen and oxygen atoms in total. The van der Waals surface area contributed by atoms with E-state index >= 15 is 0 Å². The van der Waals surface area contributed by atoms with Crippen LogP contribution in [0.2, 0.25) is 0 Å². The van der Waals surface area contributed by atoms with Crippen LogP contribution in [0.1, 0.15) is 13.3 Å². The molecule has 0 spiro atoms. The van der Waals surface area contributed by atoms with E-state index in [0.717, 1.165) is 0 Å². The Labute approximate surface area is 49.1 Å². The lowest BCUT2D eigenvalue weighted by atomic mass is 10.2. The van der Waals surface area contributed by atoms with Crippen molar-refractivity contribution in [2.75, 3.05) is 6.61 Å². The number of hydrogen-bond donors (Lipinski definition) is 3. The van der Waals surface area contributed by atoms with E-state index in [0.29, 0.717) is 6.42 Å². The highest BCUT2D eigenvalue weighted by Gasteiger charge is 2.03. The number of aliphatic hydroxyl groups is 2. The lowest BCUT2D eigenvalue weighted by molar-refractivity contribution is 0.0840. The summed E-state index contributed by atoms with van der Waals surface area (Å²) in [6.07, 6.45) is -0.175. The van der Waals surface area contributed by atoms with Crippen LogP contribution in [0.25, 0.3) is 0 Å². The van der Waals surface area contributed by atoms with Crippen LogP contribution >= 0.6 is 0 Å². The smallest absolute Gasteiger partial charge is 0.0785 e. The quantitative estimate of drug-likeness (QED) is 0.450. The number of hydrogen-bond acceptors (Lipinski definition) is 3. The molecule has 0 amide bonds. The van der Waals surface area contributed by atoms with Crippen LogP contribution in [0.4, 0.5) is 0 Å². The summed E-state index contributed by atoms with van der Waals surface area (Å²) in [5.41, 5.74) is 5.30. The molecule has 3 heteroatoms. The Hall–Kier alpha value is -0.120. The molecule has 2 atom stereocenters. The van der Waals surface area contributed by atoms with Crippen LogP contribution in [-0.2, 0) is 0 Å². The van der Waals surface area contributed by atoms with E-state index in [4.69, 9.17) is 15.9 Å². The van der Waals surface area contributed by atoms with E-state index in [9.17, 15) is 0 Å². The summed E-state index contributed by atoms with van der Waals surface area (Å²) in [6, 6.07) is -0.0304. The summed E-state index contributed by atoms with van der Waals surface area (Å²) in [5.74, 6) is 0. The summed E-state index contributed by atoms with van der Waals surface area (Å²) in [4.78, 5) is 0. The third-order valence-corrected chi connectivity index (χ3v) is 0.855. The average molecular weight is 119 g/mol. The van der Waals surface area contributed by atoms with Gasteiger partial charge in [0, 0.05) is 6.04 Å². The summed E-state index contributed by atoms with van der Waals surface area (Å²) >= 11 is 0. The van der Waals surface area contributed by atoms with Crippen molar-refractivity contribution in [3.8, 4) is 0 Å². The van der Waals surface area contributed by atoms with Crippen molar-refractivity contribution in [3.63, 3.8) is 0 Å². The molecule has 0 aliphatic heterocycles. The molecule has 0 aliphatic rings. The third-order valence-electron chi connectivity index (χ3n) is 0.855. The van der Waals surface area contributed by atoms with Gasteiger partial charge in [-0.25, -0.2) is 0 Å². The molecule has 0 aromatic heterocycles. The van der Waals surface area contributed by atoms with E-state index < -0.39 is 6.10 Å². The Morgan fingerprint density at radius 1 is 1.62 bits per heavy atom. The molecule has 0 fully saturated rings. The minimum Gasteiger partial charge on any atom is -0.394 e. The maximum atomic E-state index is 8.70. The fraction of sp³-hybridized carbons (Fsp3) is 1.00. The molecule has 0 aromatic rings. The van der Waals surface area contributed by atoms with Crippen LogP contribution in [0.15, 0.2) is 0 Å². The Morgan fingerprint density at radius 2 is 2.12 bits per heavy atom. The van der Waals surface area contributed by atoms with Gasteiger partial charge in [0.25, 0.3) is 0 Å². The highest BCUT2D eigenvalue weighted by molar-refractivity contribution is 4.60. The van der Waals surface area contributed by atoms with Crippen molar-refractivity contribution < 1.29 is 10.2 Å². The molecule has 4 N–H and O–H groups in total. The van der Waals surface area contributed by atoms with Crippen LogP contribution in [0.3, 0.4) is 0 Å². The second-order valence-corrected chi connectivity index (χ2v) is 2.05. The summed E-state index contributed by atoms with van der Waals surface area (Å²) < 4.78 is 0. The topological polar surface area (TPSA) is 66.5 Å². The van der Waals surface area contributed by atoms with Crippen molar-refractivity contribution in [2.45, 2.75) is 25.5 Å². The molecule has 0 rings (SSSR count). The van der Waals surface area contributed by atoms with E-state index in [1.165, 1.54) is 0 Å². The van der Waals surface area contributed by atoms with Crippen molar-refractivity contribution in [2.24, 2.45) is 5.73 Å². The van der Waals surface area contributed by atoms with E-state index in [1.54, 1.807) is 6.92 Å². The zero-order valence-corrected chi connectivity index (χ0v) is 5.04. The lowest BCUT2D eigenvalue weighted by Gasteiger charge is -2.08. The molecule has 50 valence electrons. The minimum absolute atomic E-state index is 0.0304. The van der Waals surface area contributed by atoms with Gasteiger partial charge in [-0.05, 0) is 13.3 Å². The normalized spacial score (nSPS) is 18.0. The van der Waals surface area contributed by atoms with Crippen molar-refractivity contribution in [1.82, 2.24) is 0 Å². The van der Waals surface area contributed by atoms with Gasteiger partial charge in [-0.1, -0.05) is 0 Å². The van der Waals surface area contributed by atoms with Crippen LogP contribution in [0.5, 0.6) is 0 Å². The highest BCUT2D eigenvalue weighted by Crippen LogP contribution is 1.92. The van der Waals surface area contributed by atoms with Crippen LogP contribution in [0, 0.1) is 0 Å². The molecule has 0 saturated heterocycles. The zero-order chi connectivity index (χ0) is 6.57. The largest absolute Gasteiger partial charge is 0.394 e. The molecule has 8 heavy (non-hydrogen) atoms. The third kappa shape index (κ3) is 4.05. The Bertz CT molecular complexity index is 56.4. The molecule has 0 radical (unpaired) electrons. The van der Waals surface area contributed by atoms with Crippen molar-refractivity contribution in [3.05, 3.63) is 0 Å². The van der Waals surface area contributed by atoms with Gasteiger partial charge in [0.05, 0.1) is 12.7 Å². The van der Waals surface area contributed by atoms with Crippen molar-refractivity contribution >= 4 is 0 Å². The zero-order valence-electron chi connectivity index (χ0n) is 5.04. The molecule has 2 unspecified atom stereocenters. The standard InChI is InChI=1S/C5H13NO2/c1-4(6)2-5(8)3-7/h4-5,7-8H,2-3,6H2,1H3. The monoisotopic (exact) mass is 119 g/mol. The maximum absolute atomic E-state index is 8.70. The van der Waals surface area contributed by atoms with Gasteiger partial charge in [-0.2, -0.15) is 0 Å². The van der Waals surface area contributed by atoms with Gasteiger partial charge in [-0.3, -0.25) is 0 Å². The Kier molecular flexibility index (Phi) is 3.77. The van der Waals surface area contributed by atoms with Crippen molar-refractivity contribution in [1.29, 1.82) is 0 Å². The molecule has 0 heterocycles. The van der Waals surface area contributed by atoms with Gasteiger partial charge in [0.15, 0.2) is 0 Å². The number of aliphatic hydroxyl groups excluding tert-OH is 2. The summed E-state index contributed by atoms with van der Waals surface area (Å²) in [6.45, 7) is 1.60. The fourth-order valence-electron chi connectivity index (χ4n) is 0.504.